The molecule has 0 spiro atoms. The van der Waals surface area contributed by atoms with Gasteiger partial charge in [0.1, 0.15) is 23.9 Å². The van der Waals surface area contributed by atoms with Crippen molar-refractivity contribution in [2.75, 3.05) is 25.1 Å². The van der Waals surface area contributed by atoms with E-state index in [1.54, 1.807) is 0 Å². The predicted octanol–water partition coefficient (Wildman–Crippen LogP) is 0.0438. The summed E-state index contributed by atoms with van der Waals surface area (Å²) in [5.41, 5.74) is 5.19. The Labute approximate surface area is 91.8 Å². The number of halogens is 1. The topological polar surface area (TPSA) is 90.1 Å². The van der Waals surface area contributed by atoms with Gasteiger partial charge in [-0.3, -0.25) is 4.79 Å². The second-order valence-corrected chi connectivity index (χ2v) is 3.00. The van der Waals surface area contributed by atoms with Gasteiger partial charge in [0, 0.05) is 12.6 Å². The first-order chi connectivity index (χ1) is 7.22. The molecule has 7 heteroatoms. The molecular weight excluding hydrogens is 220 g/mol. The van der Waals surface area contributed by atoms with Crippen LogP contribution in [0, 0.1) is 0 Å². The van der Waals surface area contributed by atoms with Gasteiger partial charge in [0.05, 0.1) is 6.61 Å². The van der Waals surface area contributed by atoms with Crippen LogP contribution in [-0.2, 0) is 9.53 Å². The van der Waals surface area contributed by atoms with Gasteiger partial charge in [-0.15, -0.1) is 0 Å². The molecule has 1 aromatic rings. The van der Waals surface area contributed by atoms with Crippen LogP contribution in [0.25, 0.3) is 0 Å². The lowest BCUT2D eigenvalue weighted by Crippen LogP contribution is -2.21. The molecule has 0 aliphatic rings. The number of ether oxygens (including phenoxy) is 1. The van der Waals surface area contributed by atoms with Gasteiger partial charge in [0.2, 0.25) is 0 Å². The highest BCUT2D eigenvalue weighted by molar-refractivity contribution is 6.29. The van der Waals surface area contributed by atoms with Crippen molar-refractivity contribution in [2.45, 2.75) is 0 Å². The van der Waals surface area contributed by atoms with Crippen molar-refractivity contribution >= 4 is 23.3 Å². The minimum absolute atomic E-state index is 0.0567. The Balaban J connectivity index is 2.37. The van der Waals surface area contributed by atoms with Crippen LogP contribution in [0.1, 0.15) is 0 Å². The van der Waals surface area contributed by atoms with Crippen molar-refractivity contribution < 1.29 is 9.53 Å². The predicted molar refractivity (Wildman–Crippen MR) is 55.5 cm³/mol. The van der Waals surface area contributed by atoms with Gasteiger partial charge in [0.25, 0.3) is 5.91 Å². The van der Waals surface area contributed by atoms with Gasteiger partial charge in [-0.05, 0) is 0 Å². The molecule has 1 aromatic heterocycles. The first-order valence-corrected chi connectivity index (χ1v) is 4.65. The molecule has 1 amide bonds. The molecule has 0 unspecified atom stereocenters. The van der Waals surface area contributed by atoms with Crippen molar-refractivity contribution in [1.82, 2.24) is 9.97 Å². The molecule has 82 valence electrons. The van der Waals surface area contributed by atoms with E-state index in [0.717, 1.165) is 0 Å². The molecule has 0 aliphatic heterocycles. The number of carbonyl (C=O) groups excluding carboxylic acids is 1. The van der Waals surface area contributed by atoms with Crippen LogP contribution < -0.4 is 11.1 Å². The Bertz CT molecular complexity index is 334. The fourth-order valence-electron chi connectivity index (χ4n) is 0.829. The Morgan fingerprint density at radius 3 is 3.07 bits per heavy atom. The molecule has 0 fully saturated rings. The Morgan fingerprint density at radius 1 is 1.60 bits per heavy atom. The molecule has 0 saturated carbocycles. The largest absolute Gasteiger partial charge is 0.370 e. The number of nitrogens with two attached hydrogens (primary N) is 1. The van der Waals surface area contributed by atoms with Gasteiger partial charge in [-0.1, -0.05) is 11.6 Å². The normalized spacial score (nSPS) is 10.0. The first-order valence-electron chi connectivity index (χ1n) is 4.27. The van der Waals surface area contributed by atoms with Crippen LogP contribution in [0.4, 0.5) is 5.82 Å². The van der Waals surface area contributed by atoms with Gasteiger partial charge >= 0.3 is 0 Å². The fourth-order valence-corrected chi connectivity index (χ4v) is 0.976. The molecule has 0 atom stereocenters. The zero-order chi connectivity index (χ0) is 11.1. The zero-order valence-electron chi connectivity index (χ0n) is 7.94. The number of rotatable bonds is 5. The van der Waals surface area contributed by atoms with Gasteiger partial charge in [-0.2, -0.15) is 0 Å². The molecular formula is C8H11ClN4O2. The number of hydrogen-bond acceptors (Lipinski definition) is 5. The summed E-state index contributed by atoms with van der Waals surface area (Å²) < 4.78 is 4.93. The third kappa shape index (κ3) is 4.68. The van der Waals surface area contributed by atoms with E-state index < -0.39 is 0 Å². The van der Waals surface area contributed by atoms with Crippen molar-refractivity contribution in [1.29, 1.82) is 0 Å². The summed E-state index contributed by atoms with van der Waals surface area (Å²) in [4.78, 5) is 18.7. The van der Waals surface area contributed by atoms with E-state index in [0.29, 0.717) is 19.0 Å². The lowest BCUT2D eigenvalue weighted by atomic mass is 10.5. The summed E-state index contributed by atoms with van der Waals surface area (Å²) in [5.74, 6) is 0.0366. The van der Waals surface area contributed by atoms with Crippen molar-refractivity contribution in [3.05, 3.63) is 17.5 Å². The minimum atomic E-state index is -0.307. The highest BCUT2D eigenvalue weighted by Gasteiger charge is 2.03. The Hall–Kier alpha value is -1.24. The lowest BCUT2D eigenvalue weighted by Gasteiger charge is -2.04. The van der Waals surface area contributed by atoms with Crippen LogP contribution in [-0.4, -0.2) is 35.6 Å². The summed E-state index contributed by atoms with van der Waals surface area (Å²) in [5, 5.41) is 2.77. The average molecular weight is 231 g/mol. The monoisotopic (exact) mass is 230 g/mol. The van der Waals surface area contributed by atoms with E-state index in [-0.39, 0.29) is 17.7 Å². The number of nitrogens with zero attached hydrogens (tertiary/aromatic N) is 2. The van der Waals surface area contributed by atoms with Gasteiger partial charge < -0.3 is 15.8 Å². The van der Waals surface area contributed by atoms with Gasteiger partial charge in [-0.25, -0.2) is 9.97 Å². The van der Waals surface area contributed by atoms with Crippen LogP contribution in [0.2, 0.25) is 5.15 Å². The Morgan fingerprint density at radius 2 is 2.40 bits per heavy atom. The van der Waals surface area contributed by atoms with Crippen molar-refractivity contribution in [3.63, 3.8) is 0 Å². The number of hydrogen-bond donors (Lipinski definition) is 2. The number of carbonyl (C=O) groups is 1. The van der Waals surface area contributed by atoms with E-state index in [1.807, 2.05) is 0 Å². The quantitative estimate of drug-likeness (QED) is 0.551. The minimum Gasteiger partial charge on any atom is -0.370 e. The Kier molecular flexibility index (Phi) is 4.96. The molecule has 6 nitrogen and oxygen atoms in total. The third-order valence-electron chi connectivity index (χ3n) is 1.40. The highest BCUT2D eigenvalue weighted by atomic mass is 35.5. The number of anilines is 1. The van der Waals surface area contributed by atoms with Crippen LogP contribution in [0.3, 0.4) is 0 Å². The standard InChI is InChI=1S/C8H11ClN4O2/c9-6-3-7(12-5-11-6)13-8(14)4-15-2-1-10/h3,5H,1-2,4,10H2,(H,11,12,13,14). The molecule has 3 N–H and O–H groups in total. The molecule has 1 heterocycles. The molecule has 0 aliphatic carbocycles. The van der Waals surface area contributed by atoms with E-state index in [1.165, 1.54) is 12.4 Å². The number of aromatic nitrogens is 2. The zero-order valence-corrected chi connectivity index (χ0v) is 8.70. The third-order valence-corrected chi connectivity index (χ3v) is 1.60. The lowest BCUT2D eigenvalue weighted by molar-refractivity contribution is -0.120. The fraction of sp³-hybridized carbons (Fsp3) is 0.375. The van der Waals surface area contributed by atoms with Crippen LogP contribution in [0.15, 0.2) is 12.4 Å². The second kappa shape index (κ2) is 6.28. The SMILES string of the molecule is NCCOCC(=O)Nc1cc(Cl)ncn1. The van der Waals surface area contributed by atoms with E-state index >= 15 is 0 Å². The number of nitrogens with one attached hydrogen (secondary N) is 1. The molecule has 0 saturated heterocycles. The van der Waals surface area contributed by atoms with Crippen molar-refractivity contribution in [2.24, 2.45) is 5.73 Å². The highest BCUT2D eigenvalue weighted by Crippen LogP contribution is 2.07. The molecule has 0 radical (unpaired) electrons. The van der Waals surface area contributed by atoms with E-state index in [9.17, 15) is 4.79 Å². The maximum atomic E-state index is 11.2. The maximum absolute atomic E-state index is 11.2. The second-order valence-electron chi connectivity index (χ2n) is 2.62. The molecule has 0 aromatic carbocycles. The molecule has 0 bridgehead atoms. The molecule has 1 rings (SSSR count). The summed E-state index contributed by atoms with van der Waals surface area (Å²) in [6.45, 7) is 0.670. The van der Waals surface area contributed by atoms with E-state index in [2.05, 4.69) is 15.3 Å². The summed E-state index contributed by atoms with van der Waals surface area (Å²) in [6.07, 6.45) is 1.26. The van der Waals surface area contributed by atoms with Crippen LogP contribution in [0.5, 0.6) is 0 Å². The summed E-state index contributed by atoms with van der Waals surface area (Å²) >= 11 is 5.60. The summed E-state index contributed by atoms with van der Waals surface area (Å²) in [6, 6.07) is 1.45. The first kappa shape index (κ1) is 11.8. The maximum Gasteiger partial charge on any atom is 0.251 e. The number of amides is 1. The van der Waals surface area contributed by atoms with E-state index in [4.69, 9.17) is 22.1 Å². The average Bonchev–Trinajstić information content (AvgIpc) is 2.18. The summed E-state index contributed by atoms with van der Waals surface area (Å²) in [7, 11) is 0. The smallest absolute Gasteiger partial charge is 0.251 e. The molecule has 15 heavy (non-hydrogen) atoms. The van der Waals surface area contributed by atoms with Crippen molar-refractivity contribution in [3.8, 4) is 0 Å². The van der Waals surface area contributed by atoms with Crippen LogP contribution >= 0.6 is 11.6 Å². The van der Waals surface area contributed by atoms with Gasteiger partial charge in [0.15, 0.2) is 0 Å².